The summed E-state index contributed by atoms with van der Waals surface area (Å²) in [5.41, 5.74) is 13.4. The fourth-order valence-electron chi connectivity index (χ4n) is 7.54. The molecule has 1 heterocycles. The zero-order chi connectivity index (χ0) is 34.4. The fraction of sp³-hybridized carbons (Fsp3) is 0.0612. The van der Waals surface area contributed by atoms with Crippen LogP contribution in [0, 0.1) is 0 Å². The number of hydrogen-bond donors (Lipinski definition) is 0. The lowest BCUT2D eigenvalue weighted by Crippen LogP contribution is -2.23. The van der Waals surface area contributed by atoms with Crippen molar-refractivity contribution in [1.29, 1.82) is 0 Å². The molecule has 0 saturated heterocycles. The molecular weight excluding hydrogens is 635 g/mol. The van der Waals surface area contributed by atoms with Crippen LogP contribution in [0.2, 0.25) is 0 Å². The van der Waals surface area contributed by atoms with E-state index in [0.29, 0.717) is 0 Å². The Morgan fingerprint density at radius 2 is 0.902 bits per heavy atom. The van der Waals surface area contributed by atoms with Gasteiger partial charge in [0.15, 0.2) is 0 Å². The Kier molecular flexibility index (Phi) is 7.83. The predicted octanol–water partition coefficient (Wildman–Crippen LogP) is 14.1. The molecule has 0 amide bonds. The van der Waals surface area contributed by atoms with Gasteiger partial charge in [-0.1, -0.05) is 165 Å². The van der Waals surface area contributed by atoms with Crippen LogP contribution in [0.3, 0.4) is 0 Å². The molecule has 1 nitrogen and oxygen atoms in total. The summed E-state index contributed by atoms with van der Waals surface area (Å²) in [5.74, 6) is 0. The lowest BCUT2D eigenvalue weighted by molar-refractivity contribution is 0.608. The van der Waals surface area contributed by atoms with Gasteiger partial charge in [0.25, 0.3) is 0 Å². The first-order chi connectivity index (χ1) is 25.0. The minimum Gasteiger partial charge on any atom is -0.311 e. The van der Waals surface area contributed by atoms with Crippen LogP contribution in [0.5, 0.6) is 0 Å². The number of rotatable bonds is 6. The topological polar surface area (TPSA) is 3.24 Å². The van der Waals surface area contributed by atoms with Crippen molar-refractivity contribution < 1.29 is 0 Å². The van der Waals surface area contributed by atoms with Crippen molar-refractivity contribution in [3.05, 3.63) is 199 Å². The molecule has 0 spiro atoms. The highest BCUT2D eigenvalue weighted by Crippen LogP contribution is 2.52. The summed E-state index contributed by atoms with van der Waals surface area (Å²) >= 11 is 1.90. The highest BCUT2D eigenvalue weighted by molar-refractivity contribution is 7.99. The molecule has 0 aliphatic carbocycles. The zero-order valence-electron chi connectivity index (χ0n) is 28.8. The molecule has 244 valence electrons. The van der Waals surface area contributed by atoms with Gasteiger partial charge in [-0.05, 0) is 104 Å². The summed E-state index contributed by atoms with van der Waals surface area (Å²) in [6.07, 6.45) is 0. The van der Waals surface area contributed by atoms with Crippen LogP contribution in [0.15, 0.2) is 198 Å². The van der Waals surface area contributed by atoms with E-state index in [4.69, 9.17) is 0 Å². The van der Waals surface area contributed by atoms with E-state index in [9.17, 15) is 0 Å². The number of hydrogen-bond acceptors (Lipinski definition) is 2. The minimum atomic E-state index is -0.0607. The molecule has 2 heteroatoms. The number of nitrogens with zero attached hydrogens (tertiary/aromatic N) is 1. The predicted molar refractivity (Wildman–Crippen MR) is 218 cm³/mol. The Hall–Kier alpha value is -5.83. The minimum absolute atomic E-state index is 0.0607. The van der Waals surface area contributed by atoms with E-state index in [1.807, 2.05) is 11.8 Å². The molecule has 9 rings (SSSR count). The number of fused-ring (bicyclic) bond motifs is 3. The molecule has 8 aromatic carbocycles. The summed E-state index contributed by atoms with van der Waals surface area (Å²) < 4.78 is 0. The summed E-state index contributed by atoms with van der Waals surface area (Å²) in [6.45, 7) is 4.70. The lowest BCUT2D eigenvalue weighted by atomic mass is 9.77. The summed E-state index contributed by atoms with van der Waals surface area (Å²) in [6, 6.07) is 68.5. The van der Waals surface area contributed by atoms with Crippen molar-refractivity contribution in [2.75, 3.05) is 4.90 Å². The summed E-state index contributed by atoms with van der Waals surface area (Å²) in [7, 11) is 0. The van der Waals surface area contributed by atoms with Crippen LogP contribution in [-0.4, -0.2) is 0 Å². The van der Waals surface area contributed by atoms with Gasteiger partial charge < -0.3 is 4.90 Å². The van der Waals surface area contributed by atoms with E-state index in [-0.39, 0.29) is 5.41 Å². The van der Waals surface area contributed by atoms with Gasteiger partial charge in [0, 0.05) is 32.3 Å². The maximum Gasteiger partial charge on any atom is 0.0462 e. The van der Waals surface area contributed by atoms with Gasteiger partial charge in [-0.25, -0.2) is 0 Å². The highest BCUT2D eigenvalue weighted by atomic mass is 32.2. The first-order valence-electron chi connectivity index (χ1n) is 17.6. The molecular formula is C49H37NS. The second-order valence-electron chi connectivity index (χ2n) is 13.8. The van der Waals surface area contributed by atoms with E-state index in [2.05, 4.69) is 207 Å². The van der Waals surface area contributed by atoms with Crippen molar-refractivity contribution in [3.8, 4) is 33.4 Å². The normalized spacial score (nSPS) is 13.0. The molecule has 0 unspecified atom stereocenters. The fourth-order valence-corrected chi connectivity index (χ4v) is 9.06. The quantitative estimate of drug-likeness (QED) is 0.173. The molecule has 8 aromatic rings. The van der Waals surface area contributed by atoms with E-state index in [1.165, 1.54) is 65.1 Å². The Morgan fingerprint density at radius 1 is 0.392 bits per heavy atom. The third kappa shape index (κ3) is 5.72. The van der Waals surface area contributed by atoms with Crippen LogP contribution in [0.25, 0.3) is 44.2 Å². The molecule has 0 radical (unpaired) electrons. The summed E-state index contributed by atoms with van der Waals surface area (Å²) in [5, 5.41) is 2.51. The van der Waals surface area contributed by atoms with Gasteiger partial charge in [-0.2, -0.15) is 0 Å². The van der Waals surface area contributed by atoms with Gasteiger partial charge in [0.05, 0.1) is 0 Å². The standard InChI is InChI=1S/C49H37NS/c1-49(2)45-16-8-9-18-47(45)51-48-44(15-10-17-46(48)49)38-25-31-43(32-26-38)50(41-27-21-36(22-28-41)34-11-4-3-5-12-34)42-29-23-37(24-30-42)40-20-19-35-13-6-7-14-39(35)33-40/h3-33H,1-2H3. The molecule has 1 aliphatic rings. The van der Waals surface area contributed by atoms with Crippen molar-refractivity contribution in [2.45, 2.75) is 29.1 Å². The van der Waals surface area contributed by atoms with E-state index < -0.39 is 0 Å². The van der Waals surface area contributed by atoms with E-state index >= 15 is 0 Å². The van der Waals surface area contributed by atoms with Gasteiger partial charge in [-0.15, -0.1) is 0 Å². The van der Waals surface area contributed by atoms with Crippen molar-refractivity contribution in [1.82, 2.24) is 0 Å². The Morgan fingerprint density at radius 3 is 1.59 bits per heavy atom. The largest absolute Gasteiger partial charge is 0.311 e. The van der Waals surface area contributed by atoms with Crippen molar-refractivity contribution in [3.63, 3.8) is 0 Å². The smallest absolute Gasteiger partial charge is 0.0462 e. The van der Waals surface area contributed by atoms with Crippen LogP contribution in [0.1, 0.15) is 25.0 Å². The van der Waals surface area contributed by atoms with E-state index in [1.54, 1.807) is 0 Å². The van der Waals surface area contributed by atoms with Crippen molar-refractivity contribution in [2.24, 2.45) is 0 Å². The highest BCUT2D eigenvalue weighted by Gasteiger charge is 2.34. The Balaban J connectivity index is 1.09. The van der Waals surface area contributed by atoms with Crippen LogP contribution >= 0.6 is 11.8 Å². The molecule has 0 fully saturated rings. The van der Waals surface area contributed by atoms with Gasteiger partial charge in [0.2, 0.25) is 0 Å². The number of anilines is 3. The van der Waals surface area contributed by atoms with Gasteiger partial charge in [-0.3, -0.25) is 0 Å². The molecule has 0 aromatic heterocycles. The SMILES string of the molecule is CC1(C)c2ccccc2Sc2c(-c3ccc(N(c4ccc(-c5ccccc5)cc4)c4ccc(-c5ccc6ccccc6c5)cc4)cc3)cccc21. The third-order valence-electron chi connectivity index (χ3n) is 10.3. The molecule has 0 N–H and O–H groups in total. The molecule has 0 atom stereocenters. The molecule has 0 bridgehead atoms. The molecule has 1 aliphatic heterocycles. The number of benzene rings is 8. The van der Waals surface area contributed by atoms with Crippen LogP contribution in [-0.2, 0) is 5.41 Å². The maximum absolute atomic E-state index is 2.36. The molecule has 51 heavy (non-hydrogen) atoms. The first-order valence-corrected chi connectivity index (χ1v) is 18.4. The van der Waals surface area contributed by atoms with Crippen LogP contribution < -0.4 is 4.90 Å². The monoisotopic (exact) mass is 671 g/mol. The average molecular weight is 672 g/mol. The van der Waals surface area contributed by atoms with Gasteiger partial charge in [0.1, 0.15) is 0 Å². The third-order valence-corrected chi connectivity index (χ3v) is 11.6. The Labute approximate surface area is 304 Å². The lowest BCUT2D eigenvalue weighted by Gasteiger charge is -2.35. The van der Waals surface area contributed by atoms with Crippen LogP contribution in [0.4, 0.5) is 17.1 Å². The van der Waals surface area contributed by atoms with E-state index in [0.717, 1.165) is 17.1 Å². The maximum atomic E-state index is 2.36. The second kappa shape index (κ2) is 12.8. The Bertz CT molecular complexity index is 2500. The van der Waals surface area contributed by atoms with Gasteiger partial charge >= 0.3 is 0 Å². The second-order valence-corrected chi connectivity index (χ2v) is 14.9. The molecule has 0 saturated carbocycles. The summed E-state index contributed by atoms with van der Waals surface area (Å²) in [4.78, 5) is 5.06. The van der Waals surface area contributed by atoms with Crippen molar-refractivity contribution >= 4 is 39.6 Å². The average Bonchev–Trinajstić information content (AvgIpc) is 3.19. The zero-order valence-corrected chi connectivity index (χ0v) is 29.6. The first kappa shape index (κ1) is 31.2.